The third-order valence-corrected chi connectivity index (χ3v) is 5.31. The van der Waals surface area contributed by atoms with Gasteiger partial charge in [-0.1, -0.05) is 12.8 Å². The minimum Gasteiger partial charge on any atom is -0.475 e. The molecule has 2 saturated carbocycles. The van der Waals surface area contributed by atoms with Crippen molar-refractivity contribution in [1.82, 2.24) is 15.3 Å². The quantitative estimate of drug-likeness (QED) is 0.621. The van der Waals surface area contributed by atoms with Crippen molar-refractivity contribution in [2.45, 2.75) is 44.1 Å². The molecule has 0 aromatic carbocycles. The topological polar surface area (TPSA) is 93.6 Å². The number of ether oxygens (including phenoxy) is 2. The molecule has 1 aliphatic heterocycles. The van der Waals surface area contributed by atoms with Gasteiger partial charge in [-0.05, 0) is 31.1 Å². The van der Waals surface area contributed by atoms with Gasteiger partial charge in [-0.15, -0.1) is 0 Å². The summed E-state index contributed by atoms with van der Waals surface area (Å²) in [6.07, 6.45) is 5.88. The number of carbonyl (C=O) groups is 2. The number of nitrogens with one attached hydrogen (secondary N) is 1. The monoisotopic (exact) mass is 410 g/mol. The third kappa shape index (κ3) is 4.91. The summed E-state index contributed by atoms with van der Waals surface area (Å²) >= 11 is 0. The lowest BCUT2D eigenvalue weighted by molar-refractivity contribution is -0.143. The van der Waals surface area contributed by atoms with E-state index in [0.29, 0.717) is 24.9 Å². The highest BCUT2D eigenvalue weighted by Gasteiger charge is 2.46. The highest BCUT2D eigenvalue weighted by molar-refractivity contribution is 5.95. The summed E-state index contributed by atoms with van der Waals surface area (Å²) in [5.74, 6) is -2.76. The molecule has 1 aromatic rings. The molecule has 4 rings (SSSR count). The Bertz CT molecular complexity index is 790. The lowest BCUT2D eigenvalue weighted by Gasteiger charge is -2.39. The molecule has 1 aromatic heterocycles. The van der Waals surface area contributed by atoms with E-state index in [1.807, 2.05) is 0 Å². The molecule has 0 unspecified atom stereocenters. The van der Waals surface area contributed by atoms with E-state index in [2.05, 4.69) is 15.3 Å². The molecule has 1 N–H and O–H groups in total. The van der Waals surface area contributed by atoms with Crippen LogP contribution in [0.25, 0.3) is 0 Å². The van der Waals surface area contributed by atoms with Crippen LogP contribution >= 0.6 is 0 Å². The van der Waals surface area contributed by atoms with Crippen LogP contribution in [0.5, 0.6) is 5.88 Å². The molecule has 29 heavy (non-hydrogen) atoms. The zero-order valence-corrected chi connectivity index (χ0v) is 16.2. The highest BCUT2D eigenvalue weighted by atomic mass is 19.3. The standard InChI is InChI=1S/C19H24F2N4O4/c1-28-18(27)13(6-11-2-3-11)23-16(26)14-7-22-15(25-9-19(20,21)10-25)17(24-14)29-8-12-4-5-12/h7,11-13H,2-6,8-10H2,1H3,(H,23,26)/t13-/m0/s1. The molecule has 3 aliphatic rings. The number of rotatable bonds is 9. The normalized spacial score (nSPS) is 21.1. The van der Waals surface area contributed by atoms with Crippen molar-refractivity contribution in [3.8, 4) is 5.88 Å². The number of carbonyl (C=O) groups excluding carboxylic acids is 2. The van der Waals surface area contributed by atoms with E-state index in [1.54, 1.807) is 0 Å². The zero-order chi connectivity index (χ0) is 20.6. The summed E-state index contributed by atoms with van der Waals surface area (Å²) in [5.41, 5.74) is -0.0310. The molecule has 3 fully saturated rings. The summed E-state index contributed by atoms with van der Waals surface area (Å²) in [5, 5.41) is 2.64. The van der Waals surface area contributed by atoms with Gasteiger partial charge in [0.1, 0.15) is 6.04 Å². The second-order valence-corrected chi connectivity index (χ2v) is 8.08. The molecule has 1 atom stereocenters. The van der Waals surface area contributed by atoms with Gasteiger partial charge < -0.3 is 19.7 Å². The fourth-order valence-electron chi connectivity index (χ4n) is 3.21. The number of hydrogen-bond donors (Lipinski definition) is 1. The third-order valence-electron chi connectivity index (χ3n) is 5.31. The van der Waals surface area contributed by atoms with Crippen LogP contribution in [0.3, 0.4) is 0 Å². The smallest absolute Gasteiger partial charge is 0.328 e. The van der Waals surface area contributed by atoms with Crippen molar-refractivity contribution >= 4 is 17.7 Å². The molecule has 10 heteroatoms. The highest BCUT2D eigenvalue weighted by Crippen LogP contribution is 2.37. The average molecular weight is 410 g/mol. The van der Waals surface area contributed by atoms with E-state index in [0.717, 1.165) is 25.7 Å². The summed E-state index contributed by atoms with van der Waals surface area (Å²) in [4.78, 5) is 34.4. The van der Waals surface area contributed by atoms with Crippen LogP contribution < -0.4 is 15.0 Å². The second kappa shape index (κ2) is 7.72. The fraction of sp³-hybridized carbons (Fsp3) is 0.684. The van der Waals surface area contributed by atoms with Crippen LogP contribution in [0.2, 0.25) is 0 Å². The number of esters is 1. The maximum Gasteiger partial charge on any atom is 0.328 e. The Balaban J connectivity index is 1.48. The fourth-order valence-corrected chi connectivity index (χ4v) is 3.21. The minimum absolute atomic E-state index is 0.0310. The Morgan fingerprint density at radius 3 is 2.55 bits per heavy atom. The lowest BCUT2D eigenvalue weighted by Crippen LogP contribution is -2.56. The van der Waals surface area contributed by atoms with Crippen molar-refractivity contribution < 1.29 is 27.8 Å². The molecular formula is C19H24F2N4O4. The van der Waals surface area contributed by atoms with E-state index in [4.69, 9.17) is 9.47 Å². The first kappa shape index (κ1) is 19.8. The Morgan fingerprint density at radius 1 is 1.28 bits per heavy atom. The van der Waals surface area contributed by atoms with Gasteiger partial charge in [0.2, 0.25) is 0 Å². The summed E-state index contributed by atoms with van der Waals surface area (Å²) in [7, 11) is 1.27. The van der Waals surface area contributed by atoms with Crippen LogP contribution in [0, 0.1) is 11.8 Å². The summed E-state index contributed by atoms with van der Waals surface area (Å²) in [6.45, 7) is -0.513. The van der Waals surface area contributed by atoms with Gasteiger partial charge in [0.05, 0.1) is 33.0 Å². The first-order chi connectivity index (χ1) is 13.8. The van der Waals surface area contributed by atoms with Gasteiger partial charge >= 0.3 is 5.97 Å². The average Bonchev–Trinajstić information content (AvgIpc) is 3.58. The predicted octanol–water partition coefficient (Wildman–Crippen LogP) is 1.79. The maximum absolute atomic E-state index is 13.3. The van der Waals surface area contributed by atoms with Crippen LogP contribution in [0.1, 0.15) is 42.6 Å². The molecule has 0 bridgehead atoms. The predicted molar refractivity (Wildman–Crippen MR) is 98.0 cm³/mol. The van der Waals surface area contributed by atoms with Gasteiger partial charge in [-0.25, -0.2) is 23.5 Å². The lowest BCUT2D eigenvalue weighted by atomic mass is 10.1. The van der Waals surface area contributed by atoms with Crippen LogP contribution in [0.15, 0.2) is 6.20 Å². The Kier molecular flexibility index (Phi) is 5.26. The Labute approximate surface area is 167 Å². The molecule has 2 heterocycles. The zero-order valence-electron chi connectivity index (χ0n) is 16.2. The summed E-state index contributed by atoms with van der Waals surface area (Å²) < 4.78 is 37.0. The molecule has 1 amide bonds. The van der Waals surface area contributed by atoms with Gasteiger partial charge in [-0.3, -0.25) is 4.79 Å². The van der Waals surface area contributed by atoms with E-state index < -0.39 is 36.9 Å². The number of aromatic nitrogens is 2. The molecule has 158 valence electrons. The van der Waals surface area contributed by atoms with E-state index in [1.165, 1.54) is 18.2 Å². The van der Waals surface area contributed by atoms with Crippen molar-refractivity contribution in [2.75, 3.05) is 31.7 Å². The number of amides is 1. The van der Waals surface area contributed by atoms with Crippen molar-refractivity contribution in [3.63, 3.8) is 0 Å². The largest absolute Gasteiger partial charge is 0.475 e. The van der Waals surface area contributed by atoms with Crippen LogP contribution in [0.4, 0.5) is 14.6 Å². The minimum atomic E-state index is -2.76. The van der Waals surface area contributed by atoms with Crippen molar-refractivity contribution in [1.29, 1.82) is 0 Å². The Morgan fingerprint density at radius 2 is 1.97 bits per heavy atom. The second-order valence-electron chi connectivity index (χ2n) is 8.08. The van der Waals surface area contributed by atoms with Gasteiger partial charge in [0, 0.05) is 0 Å². The molecule has 0 radical (unpaired) electrons. The van der Waals surface area contributed by atoms with E-state index in [-0.39, 0.29) is 17.4 Å². The molecule has 0 spiro atoms. The van der Waals surface area contributed by atoms with Gasteiger partial charge in [0.15, 0.2) is 11.5 Å². The molecular weight excluding hydrogens is 386 g/mol. The maximum atomic E-state index is 13.3. The molecule has 1 saturated heterocycles. The summed E-state index contributed by atoms with van der Waals surface area (Å²) in [6, 6.07) is -0.758. The number of nitrogens with zero attached hydrogens (tertiary/aromatic N) is 3. The van der Waals surface area contributed by atoms with Crippen molar-refractivity contribution in [3.05, 3.63) is 11.9 Å². The van der Waals surface area contributed by atoms with E-state index in [9.17, 15) is 18.4 Å². The Hall–Kier alpha value is -2.52. The van der Waals surface area contributed by atoms with Crippen LogP contribution in [-0.2, 0) is 9.53 Å². The number of methoxy groups -OCH3 is 1. The number of alkyl halides is 2. The number of anilines is 1. The van der Waals surface area contributed by atoms with Crippen molar-refractivity contribution in [2.24, 2.45) is 11.8 Å². The van der Waals surface area contributed by atoms with E-state index >= 15 is 0 Å². The molecule has 2 aliphatic carbocycles. The molecule has 8 nitrogen and oxygen atoms in total. The SMILES string of the molecule is COC(=O)[C@H](CC1CC1)NC(=O)c1cnc(N2CC(F)(F)C2)c(OCC2CC2)n1. The first-order valence-corrected chi connectivity index (χ1v) is 9.86. The number of halogens is 2. The number of hydrogen-bond acceptors (Lipinski definition) is 7. The van der Waals surface area contributed by atoms with Gasteiger partial charge in [-0.2, -0.15) is 0 Å². The van der Waals surface area contributed by atoms with Crippen LogP contribution in [-0.4, -0.2) is 60.6 Å². The van der Waals surface area contributed by atoms with Gasteiger partial charge in [0.25, 0.3) is 17.7 Å². The first-order valence-electron chi connectivity index (χ1n) is 9.86.